The second-order valence-electron chi connectivity index (χ2n) is 3.69. The summed E-state index contributed by atoms with van der Waals surface area (Å²) in [5.41, 5.74) is 0. The van der Waals surface area contributed by atoms with E-state index in [-0.39, 0.29) is 0 Å². The third-order valence-electron chi connectivity index (χ3n) is 2.48. The minimum Gasteiger partial charge on any atom is -0.355 e. The lowest BCUT2D eigenvalue weighted by Gasteiger charge is -2.23. The molecule has 0 aromatic heterocycles. The maximum atomic E-state index is 4.31. The van der Waals surface area contributed by atoms with E-state index in [0.717, 1.165) is 38.7 Å². The molecule has 0 saturated heterocycles. The van der Waals surface area contributed by atoms with Gasteiger partial charge in [-0.05, 0) is 20.0 Å². The first kappa shape index (κ1) is 11.3. The summed E-state index contributed by atoms with van der Waals surface area (Å²) in [4.78, 5) is 6.72. The molecule has 1 rings (SSSR count). The van der Waals surface area contributed by atoms with Crippen LogP contribution in [0.3, 0.4) is 0 Å². The van der Waals surface area contributed by atoms with Gasteiger partial charge < -0.3 is 15.5 Å². The highest BCUT2D eigenvalue weighted by Gasteiger charge is 2.10. The van der Waals surface area contributed by atoms with Crippen molar-refractivity contribution in [3.8, 4) is 0 Å². The van der Waals surface area contributed by atoms with Crippen molar-refractivity contribution in [3.63, 3.8) is 0 Å². The molecular weight excluding hydrogens is 176 g/mol. The Kier molecular flexibility index (Phi) is 4.73. The molecular formula is C10H22N4. The summed E-state index contributed by atoms with van der Waals surface area (Å²) in [5, 5.41) is 6.59. The molecule has 0 bridgehead atoms. The molecule has 0 aromatic carbocycles. The second-order valence-corrected chi connectivity index (χ2v) is 3.69. The Morgan fingerprint density at radius 3 is 2.71 bits per heavy atom. The Bertz CT molecular complexity index is 187. The number of guanidine groups is 1. The molecule has 2 N–H and O–H groups in total. The molecule has 0 aromatic rings. The van der Waals surface area contributed by atoms with Gasteiger partial charge in [-0.3, -0.25) is 4.99 Å². The number of hydrogen-bond donors (Lipinski definition) is 2. The maximum absolute atomic E-state index is 4.31. The van der Waals surface area contributed by atoms with E-state index < -0.39 is 0 Å². The smallest absolute Gasteiger partial charge is 0.191 e. The van der Waals surface area contributed by atoms with Crippen LogP contribution < -0.4 is 10.6 Å². The molecule has 4 heteroatoms. The maximum Gasteiger partial charge on any atom is 0.191 e. The van der Waals surface area contributed by atoms with Crippen molar-refractivity contribution >= 4 is 5.96 Å². The van der Waals surface area contributed by atoms with E-state index in [0.29, 0.717) is 6.04 Å². The van der Waals surface area contributed by atoms with Gasteiger partial charge in [0, 0.05) is 19.1 Å². The summed E-state index contributed by atoms with van der Waals surface area (Å²) in [6.45, 7) is 11.8. The van der Waals surface area contributed by atoms with Crippen molar-refractivity contribution in [3.05, 3.63) is 0 Å². The van der Waals surface area contributed by atoms with Gasteiger partial charge in [0.1, 0.15) is 0 Å². The van der Waals surface area contributed by atoms with Crippen molar-refractivity contribution < 1.29 is 0 Å². The lowest BCUT2D eigenvalue weighted by Crippen LogP contribution is -2.45. The molecule has 82 valence electrons. The number of rotatable bonds is 5. The topological polar surface area (TPSA) is 39.7 Å². The van der Waals surface area contributed by atoms with E-state index in [2.05, 4.69) is 41.3 Å². The van der Waals surface area contributed by atoms with Crippen molar-refractivity contribution in [1.29, 1.82) is 0 Å². The monoisotopic (exact) mass is 198 g/mol. The molecule has 1 heterocycles. The Labute approximate surface area is 86.8 Å². The zero-order valence-corrected chi connectivity index (χ0v) is 9.51. The van der Waals surface area contributed by atoms with Gasteiger partial charge in [0.15, 0.2) is 5.96 Å². The molecule has 1 unspecified atom stereocenters. The van der Waals surface area contributed by atoms with Crippen LogP contribution in [0.15, 0.2) is 4.99 Å². The standard InChI is InChI=1S/C10H22N4/c1-4-14(5-2)8-9(3)13-10-11-6-7-12-10/h9H,4-8H2,1-3H3,(H2,11,12,13). The summed E-state index contributed by atoms with van der Waals surface area (Å²) in [7, 11) is 0. The normalized spacial score (nSPS) is 17.9. The van der Waals surface area contributed by atoms with E-state index >= 15 is 0 Å². The first-order valence-electron chi connectivity index (χ1n) is 5.53. The minimum absolute atomic E-state index is 0.458. The highest BCUT2D eigenvalue weighted by Crippen LogP contribution is 1.92. The van der Waals surface area contributed by atoms with Crippen LogP contribution >= 0.6 is 0 Å². The van der Waals surface area contributed by atoms with Crippen molar-refractivity contribution in [2.75, 3.05) is 32.7 Å². The molecule has 1 aliphatic rings. The Morgan fingerprint density at radius 1 is 1.50 bits per heavy atom. The average Bonchev–Trinajstić information content (AvgIpc) is 2.66. The molecule has 1 atom stereocenters. The molecule has 0 radical (unpaired) electrons. The lowest BCUT2D eigenvalue weighted by molar-refractivity contribution is 0.281. The van der Waals surface area contributed by atoms with Gasteiger partial charge in [-0.25, -0.2) is 0 Å². The van der Waals surface area contributed by atoms with Gasteiger partial charge in [0.25, 0.3) is 0 Å². The van der Waals surface area contributed by atoms with E-state index in [9.17, 15) is 0 Å². The van der Waals surface area contributed by atoms with Crippen molar-refractivity contribution in [2.24, 2.45) is 4.99 Å². The molecule has 1 aliphatic heterocycles. The first-order valence-corrected chi connectivity index (χ1v) is 5.53. The minimum atomic E-state index is 0.458. The number of nitrogens with one attached hydrogen (secondary N) is 2. The Balaban J connectivity index is 2.23. The summed E-state index contributed by atoms with van der Waals surface area (Å²) in [6, 6.07) is 0.458. The van der Waals surface area contributed by atoms with Gasteiger partial charge in [-0.15, -0.1) is 0 Å². The van der Waals surface area contributed by atoms with Gasteiger partial charge in [0.2, 0.25) is 0 Å². The summed E-state index contributed by atoms with van der Waals surface area (Å²) >= 11 is 0. The van der Waals surface area contributed by atoms with Crippen LogP contribution in [0.2, 0.25) is 0 Å². The number of likely N-dealkylation sites (N-methyl/N-ethyl adjacent to an activating group) is 1. The molecule has 0 aliphatic carbocycles. The fourth-order valence-corrected chi connectivity index (χ4v) is 1.64. The average molecular weight is 198 g/mol. The quantitative estimate of drug-likeness (QED) is 0.666. The fraction of sp³-hybridized carbons (Fsp3) is 0.900. The predicted molar refractivity (Wildman–Crippen MR) is 60.7 cm³/mol. The fourth-order valence-electron chi connectivity index (χ4n) is 1.64. The van der Waals surface area contributed by atoms with Crippen LogP contribution in [0, 0.1) is 0 Å². The summed E-state index contributed by atoms with van der Waals surface area (Å²) in [6.07, 6.45) is 0. The van der Waals surface area contributed by atoms with E-state index in [4.69, 9.17) is 0 Å². The van der Waals surface area contributed by atoms with Gasteiger partial charge in [-0.2, -0.15) is 0 Å². The van der Waals surface area contributed by atoms with Gasteiger partial charge in [-0.1, -0.05) is 13.8 Å². The Hall–Kier alpha value is -0.770. The van der Waals surface area contributed by atoms with Crippen LogP contribution in [-0.4, -0.2) is 49.6 Å². The SMILES string of the molecule is CCN(CC)CC(C)NC1=NCCN1. The molecule has 0 amide bonds. The van der Waals surface area contributed by atoms with Crippen LogP contribution in [0.25, 0.3) is 0 Å². The lowest BCUT2D eigenvalue weighted by atomic mass is 10.3. The van der Waals surface area contributed by atoms with Crippen molar-refractivity contribution in [1.82, 2.24) is 15.5 Å². The number of hydrogen-bond acceptors (Lipinski definition) is 4. The van der Waals surface area contributed by atoms with E-state index in [1.165, 1.54) is 0 Å². The molecule has 0 saturated carbocycles. The summed E-state index contributed by atoms with van der Waals surface area (Å²) < 4.78 is 0. The van der Waals surface area contributed by atoms with Crippen LogP contribution in [-0.2, 0) is 0 Å². The third kappa shape index (κ3) is 3.54. The zero-order chi connectivity index (χ0) is 10.4. The summed E-state index contributed by atoms with van der Waals surface area (Å²) in [5.74, 6) is 0.963. The highest BCUT2D eigenvalue weighted by molar-refractivity contribution is 5.81. The van der Waals surface area contributed by atoms with E-state index in [1.807, 2.05) is 0 Å². The zero-order valence-electron chi connectivity index (χ0n) is 9.51. The predicted octanol–water partition coefficient (Wildman–Crippen LogP) is 0.266. The molecule has 14 heavy (non-hydrogen) atoms. The van der Waals surface area contributed by atoms with Gasteiger partial charge >= 0.3 is 0 Å². The van der Waals surface area contributed by atoms with Crippen molar-refractivity contribution in [2.45, 2.75) is 26.8 Å². The van der Waals surface area contributed by atoms with Crippen LogP contribution in [0.5, 0.6) is 0 Å². The third-order valence-corrected chi connectivity index (χ3v) is 2.48. The molecule has 0 fully saturated rings. The largest absolute Gasteiger partial charge is 0.355 e. The number of aliphatic imine (C=N–C) groups is 1. The first-order chi connectivity index (χ1) is 6.76. The second kappa shape index (κ2) is 5.86. The van der Waals surface area contributed by atoms with Crippen LogP contribution in [0.4, 0.5) is 0 Å². The Morgan fingerprint density at radius 2 is 2.21 bits per heavy atom. The van der Waals surface area contributed by atoms with Crippen LogP contribution in [0.1, 0.15) is 20.8 Å². The molecule has 4 nitrogen and oxygen atoms in total. The van der Waals surface area contributed by atoms with E-state index in [1.54, 1.807) is 0 Å². The number of nitrogens with zero attached hydrogens (tertiary/aromatic N) is 2. The highest BCUT2D eigenvalue weighted by atomic mass is 15.2. The van der Waals surface area contributed by atoms with Gasteiger partial charge in [0.05, 0.1) is 6.54 Å². The molecule has 0 spiro atoms.